The fourth-order valence-corrected chi connectivity index (χ4v) is 1.68. The molecular formula is C22H43NO. The van der Waals surface area contributed by atoms with Gasteiger partial charge in [0.25, 0.3) is 0 Å². The second-order valence-corrected chi connectivity index (χ2v) is 6.63. The summed E-state index contributed by atoms with van der Waals surface area (Å²) in [7, 11) is 0. The molecule has 1 aliphatic rings. The summed E-state index contributed by atoms with van der Waals surface area (Å²) < 4.78 is 0. The van der Waals surface area contributed by atoms with E-state index in [1.807, 2.05) is 27.7 Å². The second-order valence-electron chi connectivity index (χ2n) is 6.63. The van der Waals surface area contributed by atoms with Gasteiger partial charge in [-0.1, -0.05) is 86.6 Å². The van der Waals surface area contributed by atoms with Crippen molar-refractivity contribution in [2.75, 3.05) is 0 Å². The number of amides is 1. The molecule has 0 fully saturated rings. The van der Waals surface area contributed by atoms with Gasteiger partial charge in [-0.3, -0.25) is 4.79 Å². The van der Waals surface area contributed by atoms with Gasteiger partial charge in [-0.2, -0.15) is 0 Å². The summed E-state index contributed by atoms with van der Waals surface area (Å²) in [6.45, 7) is 19.3. The van der Waals surface area contributed by atoms with Crippen LogP contribution >= 0.6 is 0 Å². The maximum Gasteiger partial charge on any atom is 0.204 e. The number of carbonyl (C=O) groups is 1. The largest absolute Gasteiger partial charge is 0.372 e. The van der Waals surface area contributed by atoms with Crippen molar-refractivity contribution in [2.24, 2.45) is 17.1 Å². The van der Waals surface area contributed by atoms with Crippen molar-refractivity contribution >= 4 is 6.41 Å². The first-order valence-electron chi connectivity index (χ1n) is 9.55. The Labute approximate surface area is 152 Å². The molecule has 0 spiro atoms. The van der Waals surface area contributed by atoms with Gasteiger partial charge in [0.05, 0.1) is 0 Å². The third-order valence-electron chi connectivity index (χ3n) is 3.99. The predicted molar refractivity (Wildman–Crippen MR) is 110 cm³/mol. The zero-order chi connectivity index (χ0) is 19.6. The average Bonchev–Trinajstić information content (AvgIpc) is 2.59. The lowest BCUT2D eigenvalue weighted by molar-refractivity contribution is -0.106. The molecule has 1 aromatic carbocycles. The van der Waals surface area contributed by atoms with Crippen molar-refractivity contribution in [1.29, 1.82) is 0 Å². The number of fused-ring (bicyclic) bond motifs is 1. The Morgan fingerprint density at radius 1 is 0.917 bits per heavy atom. The van der Waals surface area contributed by atoms with Crippen LogP contribution in [0, 0.1) is 11.3 Å². The van der Waals surface area contributed by atoms with Gasteiger partial charge in [0.2, 0.25) is 6.41 Å². The molecule has 2 nitrogen and oxygen atoms in total. The highest BCUT2D eigenvalue weighted by atomic mass is 16.1. The molecule has 0 unspecified atom stereocenters. The molecule has 1 aromatic rings. The van der Waals surface area contributed by atoms with E-state index in [1.54, 1.807) is 11.1 Å². The highest BCUT2D eigenvalue weighted by Gasteiger charge is 2.13. The molecule has 0 radical (unpaired) electrons. The molecule has 1 aliphatic carbocycles. The molecule has 0 heterocycles. The smallest absolute Gasteiger partial charge is 0.204 e. The number of primary amides is 1. The Morgan fingerprint density at radius 3 is 1.38 bits per heavy atom. The van der Waals surface area contributed by atoms with Gasteiger partial charge in [0.1, 0.15) is 0 Å². The maximum atomic E-state index is 8.58. The fraction of sp³-hybridized carbons (Fsp3) is 0.682. The summed E-state index contributed by atoms with van der Waals surface area (Å²) in [5.74, 6) is 0.799. The van der Waals surface area contributed by atoms with Crippen LogP contribution in [0.1, 0.15) is 86.3 Å². The van der Waals surface area contributed by atoms with Crippen LogP contribution in [-0.2, 0) is 17.6 Å². The minimum atomic E-state index is 0.250. The summed E-state index contributed by atoms with van der Waals surface area (Å²) in [6.07, 6.45) is 5.63. The number of nitrogens with two attached hydrogens (primary N) is 1. The van der Waals surface area contributed by atoms with E-state index in [2.05, 4.69) is 64.6 Å². The maximum absolute atomic E-state index is 8.58. The number of aryl methyl sites for hydroxylation is 2. The first kappa shape index (κ1) is 27.5. The van der Waals surface area contributed by atoms with Crippen molar-refractivity contribution in [3.8, 4) is 0 Å². The summed E-state index contributed by atoms with van der Waals surface area (Å²) >= 11 is 0. The predicted octanol–water partition coefficient (Wildman–Crippen LogP) is 6.41. The zero-order valence-electron chi connectivity index (χ0n) is 17.8. The molecular weight excluding hydrogens is 294 g/mol. The molecule has 0 bridgehead atoms. The lowest BCUT2D eigenvalue weighted by Gasteiger charge is -2.22. The number of rotatable bonds is 0. The summed E-state index contributed by atoms with van der Waals surface area (Å²) in [5.41, 5.74) is 7.82. The van der Waals surface area contributed by atoms with Crippen molar-refractivity contribution in [3.05, 3.63) is 35.4 Å². The fourth-order valence-electron chi connectivity index (χ4n) is 1.68. The van der Waals surface area contributed by atoms with Crippen LogP contribution in [0.25, 0.3) is 0 Å². The Bertz CT molecular complexity index is 353. The molecule has 1 amide bonds. The Hall–Kier alpha value is -1.31. The zero-order valence-corrected chi connectivity index (χ0v) is 17.8. The van der Waals surface area contributed by atoms with Crippen LogP contribution in [0.5, 0.6) is 0 Å². The van der Waals surface area contributed by atoms with Crippen LogP contribution < -0.4 is 5.73 Å². The van der Waals surface area contributed by atoms with E-state index in [0.717, 1.165) is 5.92 Å². The summed E-state index contributed by atoms with van der Waals surface area (Å²) in [6, 6.07) is 8.80. The average molecular weight is 338 g/mol. The number of hydrogen-bond acceptors (Lipinski definition) is 1. The molecule has 24 heavy (non-hydrogen) atoms. The molecule has 0 saturated heterocycles. The topological polar surface area (TPSA) is 43.1 Å². The molecule has 0 atom stereocenters. The Kier molecular flexibility index (Phi) is 20.7. The molecule has 0 aromatic heterocycles. The Balaban J connectivity index is -0.000000278. The monoisotopic (exact) mass is 337 g/mol. The Morgan fingerprint density at radius 2 is 1.17 bits per heavy atom. The second kappa shape index (κ2) is 18.0. The number of benzene rings is 1. The molecule has 2 N–H and O–H groups in total. The highest BCUT2D eigenvalue weighted by Crippen LogP contribution is 2.23. The van der Waals surface area contributed by atoms with Crippen molar-refractivity contribution in [1.82, 2.24) is 0 Å². The molecule has 2 rings (SSSR count). The summed E-state index contributed by atoms with van der Waals surface area (Å²) in [5, 5.41) is 0. The van der Waals surface area contributed by atoms with Gasteiger partial charge >= 0.3 is 0 Å². The third kappa shape index (κ3) is 15.6. The standard InChI is InChI=1S/C10H12.C7H16.2C2H6.CH3NO/c1-2-6-10-8-4-3-7-9(10)5-1;1-6(2)7(3,4)5;2*1-2;2-1-3/h1-2,5-6H,3-4,7-8H2;6H,1-5H3;2*1-2H3;1H,(H2,2,3). The minimum absolute atomic E-state index is 0.250. The quantitative estimate of drug-likeness (QED) is 0.546. The van der Waals surface area contributed by atoms with Crippen LogP contribution in [0.15, 0.2) is 24.3 Å². The van der Waals surface area contributed by atoms with Crippen LogP contribution in [0.2, 0.25) is 0 Å². The van der Waals surface area contributed by atoms with E-state index in [-0.39, 0.29) is 6.41 Å². The minimum Gasteiger partial charge on any atom is -0.372 e. The third-order valence-corrected chi connectivity index (χ3v) is 3.99. The highest BCUT2D eigenvalue weighted by molar-refractivity contribution is 5.42. The first-order chi connectivity index (χ1) is 11.3. The number of carbonyl (C=O) groups excluding carboxylic acids is 1. The van der Waals surface area contributed by atoms with Gasteiger partial charge < -0.3 is 5.73 Å². The SMILES string of the molecule is CC.CC.CC(C)C(C)(C)C.NC=O.c1ccc2c(c1)CCCC2. The van der Waals surface area contributed by atoms with Crippen molar-refractivity contribution < 1.29 is 4.79 Å². The van der Waals surface area contributed by atoms with Gasteiger partial charge in [0, 0.05) is 0 Å². The molecule has 2 heteroatoms. The van der Waals surface area contributed by atoms with Crippen molar-refractivity contribution in [2.45, 2.75) is 88.0 Å². The first-order valence-corrected chi connectivity index (χ1v) is 9.55. The lowest BCUT2D eigenvalue weighted by atomic mass is 9.84. The van der Waals surface area contributed by atoms with Crippen LogP contribution in [0.4, 0.5) is 0 Å². The van der Waals surface area contributed by atoms with Crippen LogP contribution in [-0.4, -0.2) is 6.41 Å². The normalized spacial score (nSPS) is 11.6. The molecule has 142 valence electrons. The van der Waals surface area contributed by atoms with Gasteiger partial charge in [0.15, 0.2) is 0 Å². The van der Waals surface area contributed by atoms with Gasteiger partial charge in [-0.15, -0.1) is 0 Å². The van der Waals surface area contributed by atoms with Gasteiger partial charge in [-0.05, 0) is 48.1 Å². The van der Waals surface area contributed by atoms with Gasteiger partial charge in [-0.25, -0.2) is 0 Å². The van der Waals surface area contributed by atoms with E-state index in [0.29, 0.717) is 5.41 Å². The number of hydrogen-bond donors (Lipinski definition) is 1. The van der Waals surface area contributed by atoms with E-state index in [9.17, 15) is 0 Å². The van der Waals surface area contributed by atoms with E-state index >= 15 is 0 Å². The van der Waals surface area contributed by atoms with Crippen molar-refractivity contribution in [3.63, 3.8) is 0 Å². The van der Waals surface area contributed by atoms with E-state index < -0.39 is 0 Å². The lowest BCUT2D eigenvalue weighted by Crippen LogP contribution is -2.12. The van der Waals surface area contributed by atoms with E-state index in [4.69, 9.17) is 4.79 Å². The van der Waals surface area contributed by atoms with Crippen LogP contribution in [0.3, 0.4) is 0 Å². The van der Waals surface area contributed by atoms with E-state index in [1.165, 1.54) is 25.7 Å². The molecule has 0 aliphatic heterocycles. The molecule has 0 saturated carbocycles. The summed E-state index contributed by atoms with van der Waals surface area (Å²) in [4.78, 5) is 8.58.